The summed E-state index contributed by atoms with van der Waals surface area (Å²) in [5.74, 6) is 0.249. The van der Waals surface area contributed by atoms with Gasteiger partial charge in [-0.15, -0.1) is 0 Å². The van der Waals surface area contributed by atoms with Crippen LogP contribution < -0.4 is 10.6 Å². The maximum atomic E-state index is 13.6. The van der Waals surface area contributed by atoms with Crippen molar-refractivity contribution in [2.45, 2.75) is 38.5 Å². The molecule has 6 nitrogen and oxygen atoms in total. The van der Waals surface area contributed by atoms with E-state index in [1.54, 1.807) is 24.6 Å². The third kappa shape index (κ3) is 4.05. The van der Waals surface area contributed by atoms with Gasteiger partial charge in [0.1, 0.15) is 11.6 Å². The summed E-state index contributed by atoms with van der Waals surface area (Å²) < 4.78 is 5.59. The number of nitrogens with one attached hydrogen (secondary N) is 2. The van der Waals surface area contributed by atoms with Gasteiger partial charge >= 0.3 is 0 Å². The number of nitrogens with zero attached hydrogens (tertiary/aromatic N) is 1. The van der Waals surface area contributed by atoms with E-state index in [2.05, 4.69) is 15.6 Å². The number of aromatic nitrogens is 1. The number of benzene rings is 1. The summed E-state index contributed by atoms with van der Waals surface area (Å²) in [6.07, 6.45) is 4.24. The van der Waals surface area contributed by atoms with Gasteiger partial charge in [-0.3, -0.25) is 9.59 Å². The normalized spacial score (nSPS) is 20.1. The first-order valence-electron chi connectivity index (χ1n) is 11.2. The fraction of sp³-hybridized carbons (Fsp3) is 0.222. The van der Waals surface area contributed by atoms with E-state index in [0.29, 0.717) is 40.5 Å². The number of dihydropyridines is 1. The highest BCUT2D eigenvalue weighted by Crippen LogP contribution is 2.47. The molecule has 0 bridgehead atoms. The van der Waals surface area contributed by atoms with E-state index in [4.69, 9.17) is 16.0 Å². The van der Waals surface area contributed by atoms with Gasteiger partial charge in [0.2, 0.25) is 0 Å². The SMILES string of the molecule is CC1=C(C(=O)Nc2ccc(C)cn2)C(c2ccccc2Cl)C2=C(CC(c3ccco3)CC2=O)N1. The fourth-order valence-corrected chi connectivity index (χ4v) is 5.06. The molecule has 0 fully saturated rings. The van der Waals surface area contributed by atoms with Crippen molar-refractivity contribution in [2.24, 2.45) is 0 Å². The molecule has 2 aromatic heterocycles. The number of anilines is 1. The van der Waals surface area contributed by atoms with Crippen molar-refractivity contribution in [3.05, 3.63) is 105 Å². The number of halogens is 1. The third-order valence-corrected chi connectivity index (χ3v) is 6.73. The zero-order chi connectivity index (χ0) is 23.8. The van der Waals surface area contributed by atoms with E-state index in [-0.39, 0.29) is 17.6 Å². The van der Waals surface area contributed by atoms with Gasteiger partial charge in [0.15, 0.2) is 5.78 Å². The van der Waals surface area contributed by atoms with Crippen LogP contribution in [0.5, 0.6) is 0 Å². The first kappa shape index (κ1) is 22.2. The van der Waals surface area contributed by atoms with Gasteiger partial charge in [0, 0.05) is 52.0 Å². The highest BCUT2D eigenvalue weighted by molar-refractivity contribution is 6.31. The van der Waals surface area contributed by atoms with E-state index < -0.39 is 5.92 Å². The summed E-state index contributed by atoms with van der Waals surface area (Å²) in [5, 5.41) is 6.76. The minimum atomic E-state index is -0.583. The Morgan fingerprint density at radius 2 is 1.94 bits per heavy atom. The molecule has 0 saturated carbocycles. The van der Waals surface area contributed by atoms with Gasteiger partial charge < -0.3 is 15.1 Å². The second kappa shape index (κ2) is 8.95. The predicted molar refractivity (Wildman–Crippen MR) is 130 cm³/mol. The Bertz CT molecular complexity index is 1320. The van der Waals surface area contributed by atoms with Crippen molar-refractivity contribution in [1.82, 2.24) is 10.3 Å². The number of carbonyl (C=O) groups is 2. The molecule has 7 heteroatoms. The summed E-state index contributed by atoms with van der Waals surface area (Å²) in [4.78, 5) is 31.4. The third-order valence-electron chi connectivity index (χ3n) is 6.39. The molecule has 34 heavy (non-hydrogen) atoms. The molecule has 1 amide bonds. The smallest absolute Gasteiger partial charge is 0.255 e. The largest absolute Gasteiger partial charge is 0.469 e. The van der Waals surface area contributed by atoms with Crippen LogP contribution in [0.4, 0.5) is 5.82 Å². The molecule has 172 valence electrons. The van der Waals surface area contributed by atoms with E-state index in [1.807, 2.05) is 50.2 Å². The molecule has 1 aliphatic heterocycles. The van der Waals surface area contributed by atoms with Crippen LogP contribution in [0.1, 0.15) is 48.5 Å². The molecular weight excluding hydrogens is 450 g/mol. The summed E-state index contributed by atoms with van der Waals surface area (Å²) in [5.41, 5.74) is 4.26. The van der Waals surface area contributed by atoms with Gasteiger partial charge in [-0.1, -0.05) is 35.9 Å². The molecule has 0 saturated heterocycles. The number of rotatable bonds is 4. The summed E-state index contributed by atoms with van der Waals surface area (Å²) in [6, 6.07) is 14.7. The van der Waals surface area contributed by atoms with Crippen LogP contribution in [-0.2, 0) is 9.59 Å². The number of aryl methyl sites for hydroxylation is 1. The van der Waals surface area contributed by atoms with Crippen LogP contribution >= 0.6 is 11.6 Å². The molecule has 1 aromatic carbocycles. The van der Waals surface area contributed by atoms with Crippen molar-refractivity contribution in [3.8, 4) is 0 Å². The van der Waals surface area contributed by atoms with Crippen LogP contribution in [0.2, 0.25) is 5.02 Å². The standard InChI is InChI=1S/C27H24ClN3O3/c1-15-9-10-23(29-14-15)31-27(33)24-16(2)30-20-12-17(22-8-5-11-34-22)13-21(32)26(20)25(24)18-6-3-4-7-19(18)28/h3-11,14,17,25,30H,12-13H2,1-2H3,(H,29,31,33). The predicted octanol–water partition coefficient (Wildman–Crippen LogP) is 5.64. The molecular formula is C27H24ClN3O3. The monoisotopic (exact) mass is 473 g/mol. The molecule has 1 aliphatic carbocycles. The zero-order valence-corrected chi connectivity index (χ0v) is 19.6. The Morgan fingerprint density at radius 1 is 1.12 bits per heavy atom. The maximum Gasteiger partial charge on any atom is 0.255 e. The van der Waals surface area contributed by atoms with Gasteiger partial charge in [-0.25, -0.2) is 4.98 Å². The molecule has 2 aliphatic rings. The lowest BCUT2D eigenvalue weighted by Crippen LogP contribution is -2.37. The van der Waals surface area contributed by atoms with Crippen molar-refractivity contribution < 1.29 is 14.0 Å². The number of hydrogen-bond acceptors (Lipinski definition) is 5. The quantitative estimate of drug-likeness (QED) is 0.512. The number of amides is 1. The lowest BCUT2D eigenvalue weighted by atomic mass is 9.72. The number of Topliss-reactive ketones (excluding diaryl/α,β-unsaturated/α-hetero) is 1. The molecule has 3 heterocycles. The minimum absolute atomic E-state index is 0.0219. The summed E-state index contributed by atoms with van der Waals surface area (Å²) in [6.45, 7) is 3.79. The number of carbonyl (C=O) groups excluding carboxylic acids is 2. The van der Waals surface area contributed by atoms with Gasteiger partial charge in [0.05, 0.1) is 6.26 Å². The second-order valence-electron chi connectivity index (χ2n) is 8.73. The molecule has 0 spiro atoms. The summed E-state index contributed by atoms with van der Waals surface area (Å²) >= 11 is 6.61. The first-order chi connectivity index (χ1) is 16.4. The number of allylic oxidation sites excluding steroid dienone is 3. The topological polar surface area (TPSA) is 84.2 Å². The van der Waals surface area contributed by atoms with E-state index >= 15 is 0 Å². The van der Waals surface area contributed by atoms with Crippen molar-refractivity contribution in [1.29, 1.82) is 0 Å². The lowest BCUT2D eigenvalue weighted by Gasteiger charge is -2.36. The van der Waals surface area contributed by atoms with E-state index in [0.717, 1.165) is 22.6 Å². The number of furan rings is 1. The average molecular weight is 474 g/mol. The van der Waals surface area contributed by atoms with Crippen LogP contribution in [0.25, 0.3) is 0 Å². The fourth-order valence-electron chi connectivity index (χ4n) is 4.81. The Hall–Kier alpha value is -3.64. The van der Waals surface area contributed by atoms with Gasteiger partial charge in [-0.05, 0) is 55.7 Å². The van der Waals surface area contributed by atoms with Crippen LogP contribution in [0, 0.1) is 6.92 Å². The van der Waals surface area contributed by atoms with Crippen LogP contribution in [0.3, 0.4) is 0 Å². The number of ketones is 1. The zero-order valence-electron chi connectivity index (χ0n) is 18.9. The maximum absolute atomic E-state index is 13.6. The highest BCUT2D eigenvalue weighted by Gasteiger charge is 2.42. The van der Waals surface area contributed by atoms with Crippen molar-refractivity contribution >= 4 is 29.1 Å². The Labute approximate surface area is 202 Å². The molecule has 2 atom stereocenters. The minimum Gasteiger partial charge on any atom is -0.469 e. The summed E-state index contributed by atoms with van der Waals surface area (Å²) in [7, 11) is 0. The lowest BCUT2D eigenvalue weighted by molar-refractivity contribution is -0.116. The molecule has 2 N–H and O–H groups in total. The van der Waals surface area contributed by atoms with Crippen molar-refractivity contribution in [2.75, 3.05) is 5.32 Å². The van der Waals surface area contributed by atoms with E-state index in [1.165, 1.54) is 0 Å². The number of hydrogen-bond donors (Lipinski definition) is 2. The molecule has 0 radical (unpaired) electrons. The van der Waals surface area contributed by atoms with E-state index in [9.17, 15) is 9.59 Å². The second-order valence-corrected chi connectivity index (χ2v) is 9.14. The molecule has 5 rings (SSSR count). The Morgan fingerprint density at radius 3 is 2.65 bits per heavy atom. The average Bonchev–Trinajstić information content (AvgIpc) is 3.35. The van der Waals surface area contributed by atoms with Crippen LogP contribution in [-0.4, -0.2) is 16.7 Å². The highest BCUT2D eigenvalue weighted by atomic mass is 35.5. The Balaban J connectivity index is 1.57. The van der Waals surface area contributed by atoms with Gasteiger partial charge in [0.25, 0.3) is 5.91 Å². The molecule has 3 aromatic rings. The Kier molecular flexibility index (Phi) is 5.84. The van der Waals surface area contributed by atoms with Crippen LogP contribution in [0.15, 0.2) is 87.9 Å². The molecule has 2 unspecified atom stereocenters. The number of pyridine rings is 1. The van der Waals surface area contributed by atoms with Crippen molar-refractivity contribution in [3.63, 3.8) is 0 Å². The first-order valence-corrected chi connectivity index (χ1v) is 11.6. The van der Waals surface area contributed by atoms with Gasteiger partial charge in [-0.2, -0.15) is 0 Å².